The van der Waals surface area contributed by atoms with Gasteiger partial charge in [-0.15, -0.1) is 0 Å². The lowest BCUT2D eigenvalue weighted by molar-refractivity contribution is -0.0564. The van der Waals surface area contributed by atoms with Gasteiger partial charge in [0.15, 0.2) is 0 Å². The molecule has 4 N–H and O–H groups in total. The highest BCUT2D eigenvalue weighted by Crippen LogP contribution is 2.19. The molecule has 0 radical (unpaired) electrons. The second kappa shape index (κ2) is 7.24. The third-order valence-electron chi connectivity index (χ3n) is 3.10. The Morgan fingerprint density at radius 3 is 2.18 bits per heavy atom. The van der Waals surface area contributed by atoms with Gasteiger partial charge in [-0.1, -0.05) is 42.5 Å². The van der Waals surface area contributed by atoms with Crippen LogP contribution in [0, 0.1) is 0 Å². The molecule has 0 unspecified atom stereocenters. The van der Waals surface area contributed by atoms with E-state index in [2.05, 4.69) is 5.32 Å². The highest BCUT2D eigenvalue weighted by atomic mass is 16.5. The number of rotatable bonds is 5. The van der Waals surface area contributed by atoms with Crippen LogP contribution in [-0.2, 0) is 0 Å². The van der Waals surface area contributed by atoms with Gasteiger partial charge < -0.3 is 11.1 Å². The number of primary amides is 1. The zero-order valence-corrected chi connectivity index (χ0v) is 11.9. The minimum Gasteiger partial charge on any atom is -0.352 e. The third-order valence-corrected chi connectivity index (χ3v) is 3.10. The highest BCUT2D eigenvalue weighted by molar-refractivity contribution is 5.94. The van der Waals surface area contributed by atoms with Crippen molar-refractivity contribution >= 4 is 11.9 Å². The molecule has 0 atom stereocenters. The van der Waals surface area contributed by atoms with E-state index in [1.807, 2.05) is 42.5 Å². The quantitative estimate of drug-likeness (QED) is 0.580. The van der Waals surface area contributed by atoms with Crippen molar-refractivity contribution in [2.24, 2.45) is 5.73 Å². The molecule has 0 aliphatic rings. The molecule has 6 nitrogen and oxygen atoms in total. The van der Waals surface area contributed by atoms with Gasteiger partial charge in [0.25, 0.3) is 5.91 Å². The SMILES string of the molecule is NC(=O)NCCN(O)C(=O)c1ccc(-c2ccccc2)cc1. The van der Waals surface area contributed by atoms with E-state index in [0.29, 0.717) is 10.6 Å². The fraction of sp³-hybridized carbons (Fsp3) is 0.125. The topological polar surface area (TPSA) is 95.7 Å². The molecular formula is C16H17N3O3. The summed E-state index contributed by atoms with van der Waals surface area (Å²) in [6.45, 7) is 0.0435. The Morgan fingerprint density at radius 2 is 1.59 bits per heavy atom. The number of carbonyl (C=O) groups excluding carboxylic acids is 2. The molecule has 2 aromatic carbocycles. The van der Waals surface area contributed by atoms with Crippen molar-refractivity contribution in [3.8, 4) is 11.1 Å². The molecule has 0 aliphatic carbocycles. The van der Waals surface area contributed by atoms with Crippen LogP contribution in [0.15, 0.2) is 54.6 Å². The van der Waals surface area contributed by atoms with E-state index in [-0.39, 0.29) is 13.1 Å². The predicted octanol–water partition coefficient (Wildman–Crippen LogP) is 1.85. The average molecular weight is 299 g/mol. The summed E-state index contributed by atoms with van der Waals surface area (Å²) in [6.07, 6.45) is 0. The zero-order valence-electron chi connectivity index (χ0n) is 11.9. The summed E-state index contributed by atoms with van der Waals surface area (Å²) in [5.74, 6) is -0.536. The first-order valence-corrected chi connectivity index (χ1v) is 6.77. The molecule has 0 aliphatic heterocycles. The van der Waals surface area contributed by atoms with Crippen LogP contribution in [0.25, 0.3) is 11.1 Å². The number of benzene rings is 2. The number of urea groups is 1. The number of nitrogens with two attached hydrogens (primary N) is 1. The molecule has 0 bridgehead atoms. The number of nitrogens with one attached hydrogen (secondary N) is 1. The largest absolute Gasteiger partial charge is 0.352 e. The van der Waals surface area contributed by atoms with Crippen LogP contribution >= 0.6 is 0 Å². The van der Waals surface area contributed by atoms with Gasteiger partial charge in [-0.2, -0.15) is 0 Å². The van der Waals surface area contributed by atoms with Crippen LogP contribution in [0.5, 0.6) is 0 Å². The number of hydrogen-bond donors (Lipinski definition) is 3. The maximum Gasteiger partial charge on any atom is 0.312 e. The average Bonchev–Trinajstić information content (AvgIpc) is 2.54. The fourth-order valence-corrected chi connectivity index (χ4v) is 1.97. The molecule has 0 aromatic heterocycles. The number of nitrogens with zero attached hydrogens (tertiary/aromatic N) is 1. The molecule has 0 fully saturated rings. The molecule has 0 heterocycles. The molecule has 114 valence electrons. The smallest absolute Gasteiger partial charge is 0.312 e. The van der Waals surface area contributed by atoms with E-state index in [1.54, 1.807) is 12.1 Å². The lowest BCUT2D eigenvalue weighted by Crippen LogP contribution is -2.38. The van der Waals surface area contributed by atoms with Crippen LogP contribution in [0.4, 0.5) is 4.79 Å². The summed E-state index contributed by atoms with van der Waals surface area (Å²) < 4.78 is 0. The normalized spacial score (nSPS) is 10.0. The first-order chi connectivity index (χ1) is 10.6. The van der Waals surface area contributed by atoms with Gasteiger partial charge in [-0.25, -0.2) is 9.86 Å². The van der Waals surface area contributed by atoms with E-state index < -0.39 is 11.9 Å². The first-order valence-electron chi connectivity index (χ1n) is 6.77. The summed E-state index contributed by atoms with van der Waals surface area (Å²) in [4.78, 5) is 22.5. The number of carbonyl (C=O) groups is 2. The summed E-state index contributed by atoms with van der Waals surface area (Å²) >= 11 is 0. The second-order valence-electron chi connectivity index (χ2n) is 4.66. The summed E-state index contributed by atoms with van der Waals surface area (Å²) in [6, 6.07) is 16.0. The summed E-state index contributed by atoms with van der Waals surface area (Å²) in [5, 5.41) is 12.5. The molecule has 2 rings (SSSR count). The van der Waals surface area contributed by atoms with Gasteiger partial charge in [0.05, 0.1) is 6.54 Å². The zero-order chi connectivity index (χ0) is 15.9. The van der Waals surface area contributed by atoms with Gasteiger partial charge in [0.2, 0.25) is 0 Å². The molecular weight excluding hydrogens is 282 g/mol. The van der Waals surface area contributed by atoms with Crippen LogP contribution in [-0.4, -0.2) is 35.3 Å². The van der Waals surface area contributed by atoms with Gasteiger partial charge in [0.1, 0.15) is 0 Å². The molecule has 0 spiro atoms. The van der Waals surface area contributed by atoms with Gasteiger partial charge in [-0.05, 0) is 23.3 Å². The van der Waals surface area contributed by atoms with Crippen LogP contribution in [0.3, 0.4) is 0 Å². The van der Waals surface area contributed by atoms with Crippen molar-refractivity contribution in [1.82, 2.24) is 10.4 Å². The molecule has 6 heteroatoms. The van der Waals surface area contributed by atoms with Gasteiger partial charge in [0, 0.05) is 12.1 Å². The molecule has 3 amide bonds. The van der Waals surface area contributed by atoms with Crippen molar-refractivity contribution in [1.29, 1.82) is 0 Å². The van der Waals surface area contributed by atoms with Gasteiger partial charge >= 0.3 is 6.03 Å². The van der Waals surface area contributed by atoms with Crippen molar-refractivity contribution in [2.75, 3.05) is 13.1 Å². The van der Waals surface area contributed by atoms with Crippen molar-refractivity contribution in [3.63, 3.8) is 0 Å². The lowest BCUT2D eigenvalue weighted by atomic mass is 10.0. The Labute approximate surface area is 128 Å². The minimum absolute atomic E-state index is 0.0395. The first kappa shape index (κ1) is 15.5. The molecule has 0 saturated heterocycles. The third kappa shape index (κ3) is 4.07. The summed E-state index contributed by atoms with van der Waals surface area (Å²) in [5.41, 5.74) is 7.30. The number of amides is 3. The number of hydrogen-bond acceptors (Lipinski definition) is 3. The van der Waals surface area contributed by atoms with E-state index in [0.717, 1.165) is 11.1 Å². The van der Waals surface area contributed by atoms with Crippen LogP contribution in [0.2, 0.25) is 0 Å². The fourth-order valence-electron chi connectivity index (χ4n) is 1.97. The maximum absolute atomic E-state index is 12.0. The predicted molar refractivity (Wildman–Crippen MR) is 82.3 cm³/mol. The van der Waals surface area contributed by atoms with Crippen molar-refractivity contribution < 1.29 is 14.8 Å². The Hall–Kier alpha value is -2.86. The standard InChI is InChI=1S/C16H17N3O3/c17-16(21)18-10-11-19(22)15(20)14-8-6-13(7-9-14)12-4-2-1-3-5-12/h1-9,22H,10-11H2,(H3,17,18,21). The Morgan fingerprint density at radius 1 is 1.00 bits per heavy atom. The monoisotopic (exact) mass is 299 g/mol. The minimum atomic E-state index is -0.701. The molecule has 0 saturated carbocycles. The Kier molecular flexibility index (Phi) is 5.11. The highest BCUT2D eigenvalue weighted by Gasteiger charge is 2.13. The molecule has 2 aromatic rings. The maximum atomic E-state index is 12.0. The van der Waals surface area contributed by atoms with Crippen molar-refractivity contribution in [2.45, 2.75) is 0 Å². The lowest BCUT2D eigenvalue weighted by Gasteiger charge is -2.15. The van der Waals surface area contributed by atoms with Gasteiger partial charge in [-0.3, -0.25) is 10.0 Å². The van der Waals surface area contributed by atoms with E-state index in [1.165, 1.54) is 0 Å². The van der Waals surface area contributed by atoms with E-state index in [9.17, 15) is 14.8 Å². The van der Waals surface area contributed by atoms with Crippen LogP contribution < -0.4 is 11.1 Å². The van der Waals surface area contributed by atoms with Crippen LogP contribution in [0.1, 0.15) is 10.4 Å². The van der Waals surface area contributed by atoms with E-state index >= 15 is 0 Å². The second-order valence-corrected chi connectivity index (χ2v) is 4.66. The number of hydroxylamine groups is 2. The Balaban J connectivity index is 2.00. The molecule has 22 heavy (non-hydrogen) atoms. The van der Waals surface area contributed by atoms with Crippen molar-refractivity contribution in [3.05, 3.63) is 60.2 Å². The Bertz CT molecular complexity index is 641. The van der Waals surface area contributed by atoms with E-state index in [4.69, 9.17) is 5.73 Å². The summed E-state index contributed by atoms with van der Waals surface area (Å²) in [7, 11) is 0.